The van der Waals surface area contributed by atoms with Gasteiger partial charge in [0.2, 0.25) is 0 Å². The van der Waals surface area contributed by atoms with Crippen LogP contribution in [0.15, 0.2) is 29.3 Å². The number of guanidine groups is 1. The van der Waals surface area contributed by atoms with Crippen LogP contribution in [0.1, 0.15) is 26.7 Å². The molecule has 1 aromatic carbocycles. The maximum Gasteiger partial charge on any atom is 0.196 e. The molecule has 0 saturated heterocycles. The fourth-order valence-corrected chi connectivity index (χ4v) is 2.85. The van der Waals surface area contributed by atoms with Crippen LogP contribution in [-0.4, -0.2) is 18.0 Å². The average molecular weight is 247 g/mol. The van der Waals surface area contributed by atoms with Crippen LogP contribution in [0.3, 0.4) is 0 Å². The number of anilines is 1. The van der Waals surface area contributed by atoms with Crippen molar-refractivity contribution >= 4 is 11.6 Å². The summed E-state index contributed by atoms with van der Waals surface area (Å²) in [4.78, 5) is 6.38. The number of nitrogens with zero attached hydrogens (tertiary/aromatic N) is 2. The molecule has 1 aliphatic carbocycles. The van der Waals surface area contributed by atoms with Gasteiger partial charge < -0.3 is 10.6 Å². The molecule has 3 nitrogen and oxygen atoms in total. The minimum atomic E-state index is -0.240. The monoisotopic (exact) mass is 247 g/mol. The Morgan fingerprint density at radius 1 is 1.33 bits per heavy atom. The van der Waals surface area contributed by atoms with Gasteiger partial charge in [0.1, 0.15) is 5.82 Å². The lowest BCUT2D eigenvalue weighted by Gasteiger charge is -2.41. The number of halogens is 1. The van der Waals surface area contributed by atoms with E-state index < -0.39 is 0 Å². The lowest BCUT2D eigenvalue weighted by Crippen LogP contribution is -2.55. The van der Waals surface area contributed by atoms with Crippen LogP contribution in [-0.2, 0) is 0 Å². The topological polar surface area (TPSA) is 41.6 Å². The summed E-state index contributed by atoms with van der Waals surface area (Å²) in [6.07, 6.45) is 2.36. The first kappa shape index (κ1) is 11.5. The molecular formula is C14H18FN3. The maximum absolute atomic E-state index is 13.4. The molecule has 4 heteroatoms. The van der Waals surface area contributed by atoms with Gasteiger partial charge in [-0.25, -0.2) is 4.39 Å². The van der Waals surface area contributed by atoms with Gasteiger partial charge in [-0.15, -0.1) is 0 Å². The highest BCUT2D eigenvalue weighted by atomic mass is 19.1. The average Bonchev–Trinajstić information content (AvgIpc) is 2.99. The Hall–Kier alpha value is -1.58. The zero-order chi connectivity index (χ0) is 13.0. The van der Waals surface area contributed by atoms with Crippen LogP contribution in [0.25, 0.3) is 0 Å². The summed E-state index contributed by atoms with van der Waals surface area (Å²) >= 11 is 0. The van der Waals surface area contributed by atoms with E-state index in [9.17, 15) is 4.39 Å². The van der Waals surface area contributed by atoms with E-state index in [2.05, 4.69) is 18.8 Å². The Bertz CT molecular complexity index is 522. The van der Waals surface area contributed by atoms with Crippen molar-refractivity contribution in [1.82, 2.24) is 0 Å². The van der Waals surface area contributed by atoms with Gasteiger partial charge in [-0.1, -0.05) is 13.0 Å². The predicted molar refractivity (Wildman–Crippen MR) is 71.1 cm³/mol. The lowest BCUT2D eigenvalue weighted by atomic mass is 9.82. The molecule has 18 heavy (non-hydrogen) atoms. The molecule has 1 fully saturated rings. The van der Waals surface area contributed by atoms with E-state index >= 15 is 0 Å². The lowest BCUT2D eigenvalue weighted by molar-refractivity contribution is 0.317. The zero-order valence-electron chi connectivity index (χ0n) is 10.8. The Morgan fingerprint density at radius 3 is 2.67 bits per heavy atom. The van der Waals surface area contributed by atoms with E-state index in [4.69, 9.17) is 5.73 Å². The van der Waals surface area contributed by atoms with E-state index in [1.165, 1.54) is 25.0 Å². The van der Waals surface area contributed by atoms with Crippen molar-refractivity contribution in [1.29, 1.82) is 0 Å². The maximum atomic E-state index is 13.4. The molecule has 0 aromatic heterocycles. The fourth-order valence-electron chi connectivity index (χ4n) is 2.85. The van der Waals surface area contributed by atoms with E-state index in [1.54, 1.807) is 6.07 Å². The third-order valence-electron chi connectivity index (χ3n) is 4.64. The number of aliphatic imine (C=N–C) groups is 1. The molecule has 0 amide bonds. The number of rotatable bonds is 2. The molecule has 0 bridgehead atoms. The number of benzene rings is 1. The molecule has 0 radical (unpaired) electrons. The van der Waals surface area contributed by atoms with Crippen molar-refractivity contribution in [2.24, 2.45) is 16.1 Å². The van der Waals surface area contributed by atoms with Gasteiger partial charge in [0, 0.05) is 5.69 Å². The van der Waals surface area contributed by atoms with Crippen molar-refractivity contribution in [2.75, 3.05) is 11.4 Å². The standard InChI is InChI=1S/C14H18FN3/c1-13(6-7-13)14(2)9-17-12(16)18(14)11-5-3-4-10(15)8-11/h3-5,8H,6-7,9H2,1-2H3,(H2,16,17). The van der Waals surface area contributed by atoms with Crippen molar-refractivity contribution < 1.29 is 4.39 Å². The molecule has 1 unspecified atom stereocenters. The fraction of sp³-hybridized carbons (Fsp3) is 0.500. The van der Waals surface area contributed by atoms with Crippen LogP contribution in [0.2, 0.25) is 0 Å². The summed E-state index contributed by atoms with van der Waals surface area (Å²) in [5, 5.41) is 0. The first-order valence-electron chi connectivity index (χ1n) is 6.32. The summed E-state index contributed by atoms with van der Waals surface area (Å²) in [5.41, 5.74) is 6.90. The van der Waals surface area contributed by atoms with Crippen molar-refractivity contribution in [3.8, 4) is 0 Å². The summed E-state index contributed by atoms with van der Waals surface area (Å²) in [6, 6.07) is 6.58. The van der Waals surface area contributed by atoms with Crippen molar-refractivity contribution in [3.63, 3.8) is 0 Å². The Balaban J connectivity index is 2.05. The Labute approximate surface area is 106 Å². The zero-order valence-corrected chi connectivity index (χ0v) is 10.8. The molecule has 1 heterocycles. The second-order valence-electron chi connectivity index (χ2n) is 5.82. The summed E-state index contributed by atoms with van der Waals surface area (Å²) in [6.45, 7) is 5.12. The number of hydrogen-bond acceptors (Lipinski definition) is 3. The molecule has 1 saturated carbocycles. The van der Waals surface area contributed by atoms with Crippen LogP contribution >= 0.6 is 0 Å². The van der Waals surface area contributed by atoms with Gasteiger partial charge in [0.05, 0.1) is 12.1 Å². The van der Waals surface area contributed by atoms with Gasteiger partial charge >= 0.3 is 0 Å². The molecule has 1 aliphatic heterocycles. The number of hydrogen-bond donors (Lipinski definition) is 1. The van der Waals surface area contributed by atoms with Gasteiger partial charge in [0.15, 0.2) is 5.96 Å². The minimum absolute atomic E-state index is 0.134. The highest BCUT2D eigenvalue weighted by Crippen LogP contribution is 2.57. The number of nitrogens with two attached hydrogens (primary N) is 1. The second kappa shape index (κ2) is 3.46. The molecule has 2 aliphatic rings. The van der Waals surface area contributed by atoms with Gasteiger partial charge in [0.25, 0.3) is 0 Å². The van der Waals surface area contributed by atoms with E-state index in [0.29, 0.717) is 12.5 Å². The van der Waals surface area contributed by atoms with Crippen LogP contribution in [0.5, 0.6) is 0 Å². The predicted octanol–water partition coefficient (Wildman–Crippen LogP) is 2.52. The quantitative estimate of drug-likeness (QED) is 0.872. The Morgan fingerprint density at radius 2 is 2.06 bits per heavy atom. The summed E-state index contributed by atoms with van der Waals surface area (Å²) in [7, 11) is 0. The third-order valence-corrected chi connectivity index (χ3v) is 4.64. The molecular weight excluding hydrogens is 229 g/mol. The molecule has 0 spiro atoms. The molecule has 2 N–H and O–H groups in total. The largest absolute Gasteiger partial charge is 0.369 e. The first-order chi connectivity index (χ1) is 8.46. The minimum Gasteiger partial charge on any atom is -0.369 e. The van der Waals surface area contributed by atoms with E-state index in [-0.39, 0.29) is 16.8 Å². The first-order valence-corrected chi connectivity index (χ1v) is 6.32. The molecule has 1 atom stereocenters. The molecule has 1 aromatic rings. The van der Waals surface area contributed by atoms with Crippen LogP contribution < -0.4 is 10.6 Å². The summed E-state index contributed by atoms with van der Waals surface area (Å²) < 4.78 is 13.4. The van der Waals surface area contributed by atoms with Crippen LogP contribution in [0.4, 0.5) is 10.1 Å². The third kappa shape index (κ3) is 1.44. The van der Waals surface area contributed by atoms with Gasteiger partial charge in [-0.3, -0.25) is 4.99 Å². The van der Waals surface area contributed by atoms with Gasteiger partial charge in [-0.05, 0) is 43.4 Å². The van der Waals surface area contributed by atoms with Crippen molar-refractivity contribution in [2.45, 2.75) is 32.2 Å². The highest BCUT2D eigenvalue weighted by molar-refractivity contribution is 5.98. The Kier molecular flexibility index (Phi) is 2.22. The van der Waals surface area contributed by atoms with E-state index in [0.717, 1.165) is 5.69 Å². The van der Waals surface area contributed by atoms with E-state index in [1.807, 2.05) is 11.0 Å². The normalized spacial score (nSPS) is 29.3. The van der Waals surface area contributed by atoms with Crippen LogP contribution in [0, 0.1) is 11.2 Å². The van der Waals surface area contributed by atoms with Crippen molar-refractivity contribution in [3.05, 3.63) is 30.1 Å². The van der Waals surface area contributed by atoms with Gasteiger partial charge in [-0.2, -0.15) is 0 Å². The molecule has 3 rings (SSSR count). The smallest absolute Gasteiger partial charge is 0.196 e. The summed E-state index contributed by atoms with van der Waals surface area (Å²) in [5.74, 6) is 0.256. The molecule has 96 valence electrons. The SMILES string of the molecule is CC1(C2(C)CN=C(N)N2c2cccc(F)c2)CC1. The highest BCUT2D eigenvalue weighted by Gasteiger charge is 2.58. The second-order valence-corrected chi connectivity index (χ2v) is 5.82.